The first-order chi connectivity index (χ1) is 9.61. The van der Waals surface area contributed by atoms with Crippen LogP contribution in [-0.4, -0.2) is 33.3 Å². The Balaban J connectivity index is 2.47. The lowest BCUT2D eigenvalue weighted by Crippen LogP contribution is -2.15. The second-order valence-corrected chi connectivity index (χ2v) is 8.17. The Morgan fingerprint density at radius 3 is 2.43 bits per heavy atom. The van der Waals surface area contributed by atoms with Gasteiger partial charge in [0.25, 0.3) is 10.0 Å². The summed E-state index contributed by atoms with van der Waals surface area (Å²) in [5.41, 5.74) is 6.23. The topological polar surface area (TPSA) is 135 Å². The van der Waals surface area contributed by atoms with Gasteiger partial charge in [0.15, 0.2) is 9.84 Å². The molecule has 10 heteroatoms. The van der Waals surface area contributed by atoms with Gasteiger partial charge in [-0.25, -0.2) is 16.8 Å². The van der Waals surface area contributed by atoms with Crippen molar-refractivity contribution in [3.8, 4) is 0 Å². The maximum atomic E-state index is 12.2. The molecule has 1 heterocycles. The minimum atomic E-state index is -3.95. The summed E-state index contributed by atoms with van der Waals surface area (Å²) in [6.45, 7) is 1.66. The molecule has 1 aromatic heterocycles. The van der Waals surface area contributed by atoms with Crippen LogP contribution in [0.3, 0.4) is 0 Å². The van der Waals surface area contributed by atoms with E-state index in [9.17, 15) is 16.8 Å². The lowest BCUT2D eigenvalue weighted by molar-refractivity contribution is 0.599. The Kier molecular flexibility index (Phi) is 3.68. The summed E-state index contributed by atoms with van der Waals surface area (Å²) in [5, 5.41) is 5.87. The van der Waals surface area contributed by atoms with Crippen LogP contribution in [0.25, 0.3) is 0 Å². The molecular formula is C11H14N4O4S2. The van der Waals surface area contributed by atoms with Crippen molar-refractivity contribution in [1.82, 2.24) is 10.2 Å². The molecule has 8 nitrogen and oxygen atoms in total. The normalized spacial score (nSPS) is 12.3. The summed E-state index contributed by atoms with van der Waals surface area (Å²) in [5.74, 6) is -0.0978. The fourth-order valence-corrected chi connectivity index (χ4v) is 3.43. The number of hydrogen-bond donors (Lipinski definition) is 3. The fourth-order valence-electron chi connectivity index (χ4n) is 1.64. The van der Waals surface area contributed by atoms with Gasteiger partial charge in [0.1, 0.15) is 10.7 Å². The van der Waals surface area contributed by atoms with E-state index >= 15 is 0 Å². The van der Waals surface area contributed by atoms with Crippen LogP contribution in [0, 0.1) is 6.92 Å². The van der Waals surface area contributed by atoms with Crippen LogP contribution in [0.2, 0.25) is 0 Å². The average molecular weight is 330 g/mol. The van der Waals surface area contributed by atoms with Crippen molar-refractivity contribution in [2.45, 2.75) is 16.7 Å². The first kappa shape index (κ1) is 15.3. The molecule has 21 heavy (non-hydrogen) atoms. The molecule has 2 aromatic rings. The standard InChI is InChI=1S/C11H14N4O4S2/c1-7-3-4-8(20(2,16)17)5-9(7)15-21(18,19)10-6-13-14-11(10)12/h3-6,15H,1-2H3,(H3,12,13,14). The minimum Gasteiger partial charge on any atom is -0.383 e. The SMILES string of the molecule is Cc1ccc(S(C)(=O)=O)cc1NS(=O)(=O)c1cn[nH]c1N. The Morgan fingerprint density at radius 1 is 1.24 bits per heavy atom. The summed E-state index contributed by atoms with van der Waals surface area (Å²) in [6.07, 6.45) is 2.12. The van der Waals surface area contributed by atoms with Crippen molar-refractivity contribution >= 4 is 31.4 Å². The number of anilines is 2. The van der Waals surface area contributed by atoms with Crippen LogP contribution >= 0.6 is 0 Å². The third-order valence-electron chi connectivity index (χ3n) is 2.80. The fraction of sp³-hybridized carbons (Fsp3) is 0.182. The number of H-pyrrole nitrogens is 1. The number of aromatic amines is 1. The summed E-state index contributed by atoms with van der Waals surface area (Å²) in [7, 11) is -7.39. The molecule has 4 N–H and O–H groups in total. The number of sulfone groups is 1. The number of aromatic nitrogens is 2. The van der Waals surface area contributed by atoms with Gasteiger partial charge < -0.3 is 5.73 Å². The van der Waals surface area contributed by atoms with Gasteiger partial charge in [0.05, 0.1) is 16.8 Å². The van der Waals surface area contributed by atoms with Gasteiger partial charge in [-0.15, -0.1) is 0 Å². The van der Waals surface area contributed by atoms with Gasteiger partial charge >= 0.3 is 0 Å². The largest absolute Gasteiger partial charge is 0.383 e. The first-order valence-electron chi connectivity index (χ1n) is 5.73. The molecule has 0 unspecified atom stereocenters. The molecule has 0 spiro atoms. The van der Waals surface area contributed by atoms with Crippen LogP contribution in [0.5, 0.6) is 0 Å². The number of benzene rings is 1. The molecule has 0 saturated carbocycles. The molecule has 0 amide bonds. The number of nitrogens with zero attached hydrogens (tertiary/aromatic N) is 1. The Hall–Kier alpha value is -2.07. The first-order valence-corrected chi connectivity index (χ1v) is 9.11. The number of nitrogens with two attached hydrogens (primary N) is 1. The van der Waals surface area contributed by atoms with E-state index in [-0.39, 0.29) is 21.3 Å². The van der Waals surface area contributed by atoms with E-state index in [1.54, 1.807) is 6.92 Å². The summed E-state index contributed by atoms with van der Waals surface area (Å²) in [6, 6.07) is 4.19. The minimum absolute atomic E-state index is 0.0194. The zero-order valence-corrected chi connectivity index (χ0v) is 12.9. The van der Waals surface area contributed by atoms with Gasteiger partial charge in [-0.2, -0.15) is 5.10 Å². The van der Waals surface area contributed by atoms with E-state index < -0.39 is 19.9 Å². The van der Waals surface area contributed by atoms with Crippen molar-refractivity contribution in [2.75, 3.05) is 16.7 Å². The molecular weight excluding hydrogens is 316 g/mol. The Bertz CT molecular complexity index is 885. The van der Waals surface area contributed by atoms with E-state index in [4.69, 9.17) is 5.73 Å². The van der Waals surface area contributed by atoms with E-state index in [1.165, 1.54) is 18.2 Å². The molecule has 0 bridgehead atoms. The van der Waals surface area contributed by atoms with Crippen LogP contribution in [0.15, 0.2) is 34.2 Å². The van der Waals surface area contributed by atoms with Crippen molar-refractivity contribution in [3.05, 3.63) is 30.0 Å². The van der Waals surface area contributed by atoms with Crippen molar-refractivity contribution in [2.24, 2.45) is 0 Å². The summed E-state index contributed by atoms with van der Waals surface area (Å²) >= 11 is 0. The van der Waals surface area contributed by atoms with Crippen LogP contribution < -0.4 is 10.5 Å². The number of hydrogen-bond acceptors (Lipinski definition) is 6. The highest BCUT2D eigenvalue weighted by molar-refractivity contribution is 7.93. The smallest absolute Gasteiger partial charge is 0.267 e. The molecule has 0 aliphatic heterocycles. The molecule has 0 aliphatic carbocycles. The third kappa shape index (κ3) is 3.16. The predicted molar refractivity (Wildman–Crippen MR) is 78.1 cm³/mol. The molecule has 1 aromatic carbocycles. The van der Waals surface area contributed by atoms with Gasteiger partial charge in [0, 0.05) is 6.26 Å². The van der Waals surface area contributed by atoms with E-state index in [0.29, 0.717) is 5.56 Å². The number of nitrogen functional groups attached to an aromatic ring is 1. The highest BCUT2D eigenvalue weighted by atomic mass is 32.2. The Morgan fingerprint density at radius 2 is 1.90 bits per heavy atom. The van der Waals surface area contributed by atoms with Crippen molar-refractivity contribution in [3.63, 3.8) is 0 Å². The maximum Gasteiger partial charge on any atom is 0.267 e. The molecule has 2 rings (SSSR count). The third-order valence-corrected chi connectivity index (χ3v) is 5.31. The molecule has 0 radical (unpaired) electrons. The highest BCUT2D eigenvalue weighted by Crippen LogP contribution is 2.24. The summed E-state index contributed by atoms with van der Waals surface area (Å²) < 4.78 is 49.8. The van der Waals surface area contributed by atoms with Crippen LogP contribution in [0.4, 0.5) is 11.5 Å². The second-order valence-electron chi connectivity index (χ2n) is 4.50. The number of nitrogens with one attached hydrogen (secondary N) is 2. The zero-order chi connectivity index (χ0) is 15.8. The van der Waals surface area contributed by atoms with Gasteiger partial charge in [-0.05, 0) is 24.6 Å². The van der Waals surface area contributed by atoms with Crippen LogP contribution in [-0.2, 0) is 19.9 Å². The monoisotopic (exact) mass is 330 g/mol. The molecule has 0 atom stereocenters. The quantitative estimate of drug-likeness (QED) is 0.747. The lowest BCUT2D eigenvalue weighted by Gasteiger charge is -2.11. The Labute approximate surface area is 122 Å². The molecule has 0 aliphatic rings. The van der Waals surface area contributed by atoms with Crippen LogP contribution in [0.1, 0.15) is 5.56 Å². The van der Waals surface area contributed by atoms with Crippen molar-refractivity contribution in [1.29, 1.82) is 0 Å². The summed E-state index contributed by atoms with van der Waals surface area (Å²) in [4.78, 5) is -0.183. The van der Waals surface area contributed by atoms with Gasteiger partial charge in [-0.3, -0.25) is 9.82 Å². The lowest BCUT2D eigenvalue weighted by atomic mass is 10.2. The highest BCUT2D eigenvalue weighted by Gasteiger charge is 2.21. The maximum absolute atomic E-state index is 12.2. The number of sulfonamides is 1. The molecule has 0 saturated heterocycles. The number of rotatable bonds is 4. The van der Waals surface area contributed by atoms with Crippen molar-refractivity contribution < 1.29 is 16.8 Å². The van der Waals surface area contributed by atoms with E-state index in [0.717, 1.165) is 12.5 Å². The molecule has 114 valence electrons. The second kappa shape index (κ2) is 5.04. The van der Waals surface area contributed by atoms with E-state index in [2.05, 4.69) is 14.9 Å². The predicted octanol–water partition coefficient (Wildman–Crippen LogP) is 0.505. The van der Waals surface area contributed by atoms with Gasteiger partial charge in [0.2, 0.25) is 0 Å². The van der Waals surface area contributed by atoms with Gasteiger partial charge in [-0.1, -0.05) is 6.07 Å². The molecule has 0 fully saturated rings. The zero-order valence-electron chi connectivity index (χ0n) is 11.3. The number of aryl methyl sites for hydroxylation is 1. The average Bonchev–Trinajstić information content (AvgIpc) is 2.77. The van der Waals surface area contributed by atoms with E-state index in [1.807, 2.05) is 0 Å².